The number of methoxy groups -OCH3 is 1. The van der Waals surface area contributed by atoms with Gasteiger partial charge in [0.25, 0.3) is 0 Å². The SMILES string of the molecule is CCCCC(COC(C)OC)NCC. The first-order valence-electron chi connectivity index (χ1n) is 5.62. The molecule has 0 aliphatic heterocycles. The summed E-state index contributed by atoms with van der Waals surface area (Å²) in [6.45, 7) is 7.99. The van der Waals surface area contributed by atoms with E-state index in [1.165, 1.54) is 19.3 Å². The summed E-state index contributed by atoms with van der Waals surface area (Å²) in [6.07, 6.45) is 3.57. The summed E-state index contributed by atoms with van der Waals surface area (Å²) in [5.41, 5.74) is 0. The number of likely N-dealkylation sites (N-methyl/N-ethyl adjacent to an activating group) is 1. The lowest BCUT2D eigenvalue weighted by Gasteiger charge is -2.19. The molecule has 3 heteroatoms. The van der Waals surface area contributed by atoms with Crippen molar-refractivity contribution in [1.82, 2.24) is 5.32 Å². The minimum absolute atomic E-state index is 0.0993. The fraction of sp³-hybridized carbons (Fsp3) is 1.00. The Balaban J connectivity index is 3.60. The Hall–Kier alpha value is -0.120. The van der Waals surface area contributed by atoms with Gasteiger partial charge in [-0.25, -0.2) is 0 Å². The van der Waals surface area contributed by atoms with E-state index in [4.69, 9.17) is 9.47 Å². The molecule has 0 fully saturated rings. The molecule has 1 N–H and O–H groups in total. The molecular formula is C11H25NO2. The first-order valence-corrected chi connectivity index (χ1v) is 5.62. The van der Waals surface area contributed by atoms with Crippen LogP contribution in [0, 0.1) is 0 Å². The summed E-state index contributed by atoms with van der Waals surface area (Å²) in [7, 11) is 1.67. The van der Waals surface area contributed by atoms with Crippen LogP contribution in [0.3, 0.4) is 0 Å². The molecule has 0 aromatic carbocycles. The zero-order valence-electron chi connectivity index (χ0n) is 10.0. The predicted molar refractivity (Wildman–Crippen MR) is 59.4 cm³/mol. The van der Waals surface area contributed by atoms with Gasteiger partial charge >= 0.3 is 0 Å². The first kappa shape index (κ1) is 13.9. The quantitative estimate of drug-likeness (QED) is 0.583. The van der Waals surface area contributed by atoms with Gasteiger partial charge < -0.3 is 14.8 Å². The van der Waals surface area contributed by atoms with Crippen molar-refractivity contribution in [3.05, 3.63) is 0 Å². The number of hydrogen-bond donors (Lipinski definition) is 1. The fourth-order valence-electron chi connectivity index (χ4n) is 1.30. The fourth-order valence-corrected chi connectivity index (χ4v) is 1.30. The number of hydrogen-bond acceptors (Lipinski definition) is 3. The van der Waals surface area contributed by atoms with E-state index in [2.05, 4.69) is 19.2 Å². The molecule has 0 saturated carbocycles. The summed E-state index contributed by atoms with van der Waals surface area (Å²) in [5, 5.41) is 3.42. The van der Waals surface area contributed by atoms with Crippen LogP contribution in [0.5, 0.6) is 0 Å². The summed E-state index contributed by atoms with van der Waals surface area (Å²) in [6, 6.07) is 0.470. The van der Waals surface area contributed by atoms with Crippen molar-refractivity contribution in [3.8, 4) is 0 Å². The normalized spacial score (nSPS) is 15.4. The van der Waals surface area contributed by atoms with E-state index < -0.39 is 0 Å². The van der Waals surface area contributed by atoms with Crippen molar-refractivity contribution in [2.45, 2.75) is 52.4 Å². The summed E-state index contributed by atoms with van der Waals surface area (Å²) < 4.78 is 10.6. The molecule has 0 amide bonds. The van der Waals surface area contributed by atoms with Crippen molar-refractivity contribution in [1.29, 1.82) is 0 Å². The van der Waals surface area contributed by atoms with E-state index in [0.717, 1.165) is 13.2 Å². The molecular weight excluding hydrogens is 178 g/mol. The van der Waals surface area contributed by atoms with E-state index in [1.54, 1.807) is 7.11 Å². The highest BCUT2D eigenvalue weighted by Crippen LogP contribution is 2.02. The van der Waals surface area contributed by atoms with Gasteiger partial charge in [-0.3, -0.25) is 0 Å². The van der Waals surface area contributed by atoms with E-state index in [9.17, 15) is 0 Å². The highest BCUT2D eigenvalue weighted by Gasteiger charge is 2.08. The average molecular weight is 203 g/mol. The minimum Gasteiger partial charge on any atom is -0.356 e. The second-order valence-corrected chi connectivity index (χ2v) is 3.53. The lowest BCUT2D eigenvalue weighted by atomic mass is 10.1. The van der Waals surface area contributed by atoms with E-state index in [1.807, 2.05) is 6.92 Å². The van der Waals surface area contributed by atoms with Gasteiger partial charge in [-0.05, 0) is 19.9 Å². The molecule has 0 aliphatic carbocycles. The Bertz CT molecular complexity index is 120. The van der Waals surface area contributed by atoms with Gasteiger partial charge in [-0.1, -0.05) is 26.7 Å². The van der Waals surface area contributed by atoms with Crippen LogP contribution in [0.1, 0.15) is 40.0 Å². The van der Waals surface area contributed by atoms with Gasteiger partial charge in [-0.15, -0.1) is 0 Å². The van der Waals surface area contributed by atoms with Crippen LogP contribution in [0.25, 0.3) is 0 Å². The van der Waals surface area contributed by atoms with Crippen LogP contribution in [-0.4, -0.2) is 32.6 Å². The van der Waals surface area contributed by atoms with Crippen LogP contribution in [0.2, 0.25) is 0 Å². The number of rotatable bonds is 9. The Morgan fingerprint density at radius 1 is 1.29 bits per heavy atom. The Kier molecular flexibility index (Phi) is 9.35. The maximum atomic E-state index is 5.52. The number of ether oxygens (including phenoxy) is 2. The Morgan fingerprint density at radius 2 is 2.00 bits per heavy atom. The van der Waals surface area contributed by atoms with Crippen LogP contribution in [0.4, 0.5) is 0 Å². The van der Waals surface area contributed by atoms with Crippen LogP contribution >= 0.6 is 0 Å². The van der Waals surface area contributed by atoms with Crippen LogP contribution < -0.4 is 5.32 Å². The Labute approximate surface area is 88.2 Å². The zero-order valence-corrected chi connectivity index (χ0v) is 10.0. The molecule has 3 nitrogen and oxygen atoms in total. The second kappa shape index (κ2) is 9.44. The van der Waals surface area contributed by atoms with E-state index in [-0.39, 0.29) is 6.29 Å². The molecule has 86 valence electrons. The molecule has 0 heterocycles. The van der Waals surface area contributed by atoms with Gasteiger partial charge in [0.15, 0.2) is 6.29 Å². The summed E-state index contributed by atoms with van der Waals surface area (Å²) >= 11 is 0. The lowest BCUT2D eigenvalue weighted by molar-refractivity contribution is -0.116. The van der Waals surface area contributed by atoms with Gasteiger partial charge in [0.05, 0.1) is 6.61 Å². The topological polar surface area (TPSA) is 30.5 Å². The average Bonchev–Trinajstić information content (AvgIpc) is 2.21. The largest absolute Gasteiger partial charge is 0.356 e. The van der Waals surface area contributed by atoms with Crippen molar-refractivity contribution in [2.75, 3.05) is 20.3 Å². The van der Waals surface area contributed by atoms with Crippen molar-refractivity contribution in [3.63, 3.8) is 0 Å². The molecule has 2 unspecified atom stereocenters. The molecule has 0 bridgehead atoms. The molecule has 0 spiro atoms. The van der Waals surface area contributed by atoms with Crippen molar-refractivity contribution < 1.29 is 9.47 Å². The third kappa shape index (κ3) is 7.30. The molecule has 0 saturated heterocycles. The van der Waals surface area contributed by atoms with Gasteiger partial charge in [0.2, 0.25) is 0 Å². The minimum atomic E-state index is -0.0993. The lowest BCUT2D eigenvalue weighted by Crippen LogP contribution is -2.34. The molecule has 0 radical (unpaired) electrons. The van der Waals surface area contributed by atoms with E-state index >= 15 is 0 Å². The highest BCUT2D eigenvalue weighted by atomic mass is 16.7. The predicted octanol–water partition coefficient (Wildman–Crippen LogP) is 2.16. The van der Waals surface area contributed by atoms with Gasteiger partial charge in [0.1, 0.15) is 0 Å². The third-order valence-electron chi connectivity index (χ3n) is 2.26. The summed E-state index contributed by atoms with van der Waals surface area (Å²) in [4.78, 5) is 0. The van der Waals surface area contributed by atoms with E-state index in [0.29, 0.717) is 6.04 Å². The second-order valence-electron chi connectivity index (χ2n) is 3.53. The maximum absolute atomic E-state index is 5.52. The number of unbranched alkanes of at least 4 members (excludes halogenated alkanes) is 1. The molecule has 0 aromatic heterocycles. The molecule has 0 aliphatic rings. The molecule has 2 atom stereocenters. The van der Waals surface area contributed by atoms with Crippen molar-refractivity contribution >= 4 is 0 Å². The monoisotopic (exact) mass is 203 g/mol. The molecule has 0 rings (SSSR count). The molecule has 14 heavy (non-hydrogen) atoms. The van der Waals surface area contributed by atoms with Gasteiger partial charge in [0, 0.05) is 13.2 Å². The third-order valence-corrected chi connectivity index (χ3v) is 2.26. The molecule has 0 aromatic rings. The summed E-state index contributed by atoms with van der Waals surface area (Å²) in [5.74, 6) is 0. The highest BCUT2D eigenvalue weighted by molar-refractivity contribution is 4.64. The first-order chi connectivity index (χ1) is 6.74. The number of nitrogens with one attached hydrogen (secondary N) is 1. The standard InChI is InChI=1S/C11H25NO2/c1-5-7-8-11(12-6-2)9-14-10(3)13-4/h10-12H,5-9H2,1-4H3. The Morgan fingerprint density at radius 3 is 2.50 bits per heavy atom. The maximum Gasteiger partial charge on any atom is 0.154 e. The zero-order chi connectivity index (χ0) is 10.8. The van der Waals surface area contributed by atoms with Crippen LogP contribution in [-0.2, 0) is 9.47 Å². The van der Waals surface area contributed by atoms with Crippen LogP contribution in [0.15, 0.2) is 0 Å². The van der Waals surface area contributed by atoms with Crippen molar-refractivity contribution in [2.24, 2.45) is 0 Å². The smallest absolute Gasteiger partial charge is 0.154 e. The van der Waals surface area contributed by atoms with Gasteiger partial charge in [-0.2, -0.15) is 0 Å².